The van der Waals surface area contributed by atoms with Crippen molar-refractivity contribution in [3.8, 4) is 5.75 Å². The Hall–Kier alpha value is -1.32. The van der Waals surface area contributed by atoms with Crippen LogP contribution in [0.2, 0.25) is 24.7 Å². The maximum atomic E-state index is 13.6. The Balaban J connectivity index is 2.08. The molecule has 106 valence electrons. The summed E-state index contributed by atoms with van der Waals surface area (Å²) in [6.45, 7) is 7.22. The lowest BCUT2D eigenvalue weighted by Gasteiger charge is -2.17. The van der Waals surface area contributed by atoms with Crippen molar-refractivity contribution < 1.29 is 9.13 Å². The SMILES string of the molecule is C[Si](C)(C)c1ccc(COc2c(F)cccc2Cl)cc1. The molecule has 0 radical (unpaired) electrons. The van der Waals surface area contributed by atoms with E-state index < -0.39 is 13.9 Å². The molecule has 2 aromatic carbocycles. The van der Waals surface area contributed by atoms with E-state index in [0.717, 1.165) is 5.56 Å². The van der Waals surface area contributed by atoms with Gasteiger partial charge in [-0.1, -0.05) is 66.8 Å². The van der Waals surface area contributed by atoms with E-state index >= 15 is 0 Å². The summed E-state index contributed by atoms with van der Waals surface area (Å²) in [5.74, 6) is -0.320. The van der Waals surface area contributed by atoms with Gasteiger partial charge in [-0.25, -0.2) is 4.39 Å². The van der Waals surface area contributed by atoms with Gasteiger partial charge in [0.05, 0.1) is 13.1 Å². The molecule has 4 heteroatoms. The van der Waals surface area contributed by atoms with Crippen molar-refractivity contribution in [2.45, 2.75) is 26.2 Å². The van der Waals surface area contributed by atoms with Gasteiger partial charge in [-0.2, -0.15) is 0 Å². The van der Waals surface area contributed by atoms with Gasteiger partial charge >= 0.3 is 0 Å². The van der Waals surface area contributed by atoms with Crippen molar-refractivity contribution in [1.82, 2.24) is 0 Å². The highest BCUT2D eigenvalue weighted by Gasteiger charge is 2.15. The normalized spacial score (nSPS) is 11.4. The molecule has 0 saturated heterocycles. The molecular weight excluding hydrogens is 291 g/mol. The molecule has 0 unspecified atom stereocenters. The topological polar surface area (TPSA) is 9.23 Å². The van der Waals surface area contributed by atoms with E-state index in [-0.39, 0.29) is 5.75 Å². The van der Waals surface area contributed by atoms with Gasteiger partial charge in [0, 0.05) is 0 Å². The van der Waals surface area contributed by atoms with Gasteiger partial charge in [0.25, 0.3) is 0 Å². The van der Waals surface area contributed by atoms with E-state index in [9.17, 15) is 4.39 Å². The van der Waals surface area contributed by atoms with Crippen LogP contribution in [-0.4, -0.2) is 8.07 Å². The van der Waals surface area contributed by atoms with Crippen molar-refractivity contribution in [3.63, 3.8) is 0 Å². The third-order valence-electron chi connectivity index (χ3n) is 3.12. The van der Waals surface area contributed by atoms with E-state index in [4.69, 9.17) is 16.3 Å². The van der Waals surface area contributed by atoms with E-state index in [0.29, 0.717) is 11.6 Å². The zero-order chi connectivity index (χ0) is 14.8. The Kier molecular flexibility index (Phi) is 4.51. The fourth-order valence-electron chi connectivity index (χ4n) is 1.88. The van der Waals surface area contributed by atoms with Crippen LogP contribution in [0.25, 0.3) is 0 Å². The highest BCUT2D eigenvalue weighted by atomic mass is 35.5. The van der Waals surface area contributed by atoms with Crippen LogP contribution in [0.1, 0.15) is 5.56 Å². The number of benzene rings is 2. The van der Waals surface area contributed by atoms with Crippen LogP contribution in [0.4, 0.5) is 4.39 Å². The number of hydrogen-bond acceptors (Lipinski definition) is 1. The summed E-state index contributed by atoms with van der Waals surface area (Å²) < 4.78 is 19.1. The standard InChI is InChI=1S/C16H18ClFOSi/c1-20(2,3)13-9-7-12(8-10-13)11-19-16-14(17)5-4-6-15(16)18/h4-10H,11H2,1-3H3. The molecule has 0 amide bonds. The molecule has 0 saturated carbocycles. The number of rotatable bonds is 4. The number of halogens is 2. The summed E-state index contributed by atoms with van der Waals surface area (Å²) in [5.41, 5.74) is 1.01. The van der Waals surface area contributed by atoms with Crippen molar-refractivity contribution in [2.24, 2.45) is 0 Å². The fourth-order valence-corrected chi connectivity index (χ4v) is 3.26. The summed E-state index contributed by atoms with van der Waals surface area (Å²) in [6.07, 6.45) is 0. The molecule has 0 aliphatic rings. The van der Waals surface area contributed by atoms with Crippen molar-refractivity contribution in [3.05, 3.63) is 58.9 Å². The van der Waals surface area contributed by atoms with Gasteiger partial charge in [-0.05, 0) is 17.7 Å². The van der Waals surface area contributed by atoms with Crippen molar-refractivity contribution in [1.29, 1.82) is 0 Å². The van der Waals surface area contributed by atoms with E-state index in [1.807, 2.05) is 12.1 Å². The summed E-state index contributed by atoms with van der Waals surface area (Å²) in [6, 6.07) is 12.9. The first-order valence-corrected chi connectivity index (χ1v) is 10.4. The number of ether oxygens (including phenoxy) is 1. The van der Waals surface area contributed by atoms with Gasteiger partial charge < -0.3 is 4.74 Å². The molecule has 0 aromatic heterocycles. The second-order valence-corrected chi connectivity index (χ2v) is 11.3. The first-order chi connectivity index (χ1) is 9.38. The Morgan fingerprint density at radius 1 is 1.05 bits per heavy atom. The summed E-state index contributed by atoms with van der Waals surface area (Å²) >= 11 is 5.92. The zero-order valence-electron chi connectivity index (χ0n) is 11.9. The quantitative estimate of drug-likeness (QED) is 0.750. The largest absolute Gasteiger partial charge is 0.484 e. The van der Waals surface area contributed by atoms with E-state index in [2.05, 4.69) is 31.8 Å². The van der Waals surface area contributed by atoms with Crippen LogP contribution in [0.3, 0.4) is 0 Å². The third kappa shape index (κ3) is 3.61. The molecule has 1 nitrogen and oxygen atoms in total. The predicted octanol–water partition coefficient (Wildman–Crippen LogP) is 4.60. The molecule has 0 N–H and O–H groups in total. The smallest absolute Gasteiger partial charge is 0.174 e. The highest BCUT2D eigenvalue weighted by Crippen LogP contribution is 2.27. The fraction of sp³-hybridized carbons (Fsp3) is 0.250. The van der Waals surface area contributed by atoms with Crippen molar-refractivity contribution in [2.75, 3.05) is 0 Å². The molecule has 0 heterocycles. The number of para-hydroxylation sites is 1. The predicted molar refractivity (Wildman–Crippen MR) is 85.2 cm³/mol. The maximum Gasteiger partial charge on any atom is 0.174 e. The van der Waals surface area contributed by atoms with Crippen LogP contribution in [0.15, 0.2) is 42.5 Å². The Morgan fingerprint density at radius 3 is 2.25 bits per heavy atom. The van der Waals surface area contributed by atoms with Gasteiger partial charge in [-0.3, -0.25) is 0 Å². The van der Waals surface area contributed by atoms with Crippen LogP contribution >= 0.6 is 11.6 Å². The maximum absolute atomic E-state index is 13.6. The van der Waals surface area contributed by atoms with Crippen LogP contribution in [-0.2, 0) is 6.61 Å². The van der Waals surface area contributed by atoms with Gasteiger partial charge in [0.1, 0.15) is 6.61 Å². The molecule has 0 aliphatic carbocycles. The minimum absolute atomic E-state index is 0.114. The first kappa shape index (κ1) is 15.1. The minimum atomic E-state index is -1.28. The summed E-state index contributed by atoms with van der Waals surface area (Å²) in [7, 11) is -1.28. The monoisotopic (exact) mass is 308 g/mol. The first-order valence-electron chi connectivity index (χ1n) is 6.54. The lowest BCUT2D eigenvalue weighted by molar-refractivity contribution is 0.290. The Morgan fingerprint density at radius 2 is 1.70 bits per heavy atom. The molecule has 0 fully saturated rings. The molecular formula is C16H18ClFOSi. The lowest BCUT2D eigenvalue weighted by atomic mass is 10.2. The Labute approximate surface area is 125 Å². The second-order valence-electron chi connectivity index (χ2n) is 5.79. The summed E-state index contributed by atoms with van der Waals surface area (Å²) in [4.78, 5) is 0. The molecule has 0 bridgehead atoms. The molecule has 20 heavy (non-hydrogen) atoms. The van der Waals surface area contributed by atoms with E-state index in [1.165, 1.54) is 11.3 Å². The number of hydrogen-bond donors (Lipinski definition) is 0. The molecule has 0 aliphatic heterocycles. The zero-order valence-corrected chi connectivity index (χ0v) is 13.7. The molecule has 0 spiro atoms. The highest BCUT2D eigenvalue weighted by molar-refractivity contribution is 6.88. The van der Waals surface area contributed by atoms with Crippen molar-refractivity contribution >= 4 is 24.9 Å². The minimum Gasteiger partial charge on any atom is -0.484 e. The van der Waals surface area contributed by atoms with Crippen LogP contribution < -0.4 is 9.92 Å². The third-order valence-corrected chi connectivity index (χ3v) is 5.49. The van der Waals surface area contributed by atoms with Crippen LogP contribution in [0, 0.1) is 5.82 Å². The van der Waals surface area contributed by atoms with Gasteiger partial charge in [-0.15, -0.1) is 0 Å². The lowest BCUT2D eigenvalue weighted by Crippen LogP contribution is -2.37. The molecule has 2 rings (SSSR count). The average molecular weight is 309 g/mol. The second kappa shape index (κ2) is 5.98. The average Bonchev–Trinajstić information content (AvgIpc) is 2.37. The Bertz CT molecular complexity index is 570. The summed E-state index contributed by atoms with van der Waals surface area (Å²) in [5, 5.41) is 1.69. The molecule has 2 aromatic rings. The molecule has 0 atom stereocenters. The van der Waals surface area contributed by atoms with Gasteiger partial charge in [0.2, 0.25) is 0 Å². The van der Waals surface area contributed by atoms with Crippen LogP contribution in [0.5, 0.6) is 5.75 Å². The van der Waals surface area contributed by atoms with Gasteiger partial charge in [0.15, 0.2) is 11.6 Å². The van der Waals surface area contributed by atoms with E-state index in [1.54, 1.807) is 12.1 Å².